The average molecular weight is 408 g/mol. The molecule has 8 heteroatoms. The van der Waals surface area contributed by atoms with Crippen molar-refractivity contribution in [3.8, 4) is 0 Å². The van der Waals surface area contributed by atoms with Gasteiger partial charge in [0.15, 0.2) is 9.84 Å². The van der Waals surface area contributed by atoms with E-state index in [1.165, 1.54) is 6.26 Å². The normalized spacial score (nSPS) is 15.6. The molecule has 3 rings (SSSR count). The van der Waals surface area contributed by atoms with Crippen LogP contribution in [0.15, 0.2) is 42.6 Å². The van der Waals surface area contributed by atoms with Crippen LogP contribution < -0.4 is 10.2 Å². The summed E-state index contributed by atoms with van der Waals surface area (Å²) in [6.45, 7) is 1.50. The minimum atomic E-state index is -3.11. The van der Waals surface area contributed by atoms with E-state index in [9.17, 15) is 13.2 Å². The second kappa shape index (κ2) is 8.27. The van der Waals surface area contributed by atoms with Gasteiger partial charge in [0, 0.05) is 37.1 Å². The van der Waals surface area contributed by atoms with Gasteiger partial charge in [-0.3, -0.25) is 4.79 Å². The topological polar surface area (TPSA) is 79.4 Å². The quantitative estimate of drug-likeness (QED) is 0.823. The van der Waals surface area contributed by atoms with Crippen molar-refractivity contribution >= 4 is 38.9 Å². The zero-order chi connectivity index (χ0) is 19.4. The molecular formula is C19H22ClN3O3S. The van der Waals surface area contributed by atoms with E-state index >= 15 is 0 Å². The Labute approximate surface area is 164 Å². The standard InChI is InChI=1S/C19H22ClN3O3S/c1-27(25,26)13-14-3-2-4-17(11-14)22-19(24)15-7-9-23(10-8-15)18-6-5-16(20)12-21-18/h2-6,11-12,15H,7-10,13H2,1H3,(H,22,24). The number of nitrogens with one attached hydrogen (secondary N) is 1. The molecule has 0 bridgehead atoms. The van der Waals surface area contributed by atoms with E-state index in [0.29, 0.717) is 16.3 Å². The van der Waals surface area contributed by atoms with Gasteiger partial charge in [0.05, 0.1) is 10.8 Å². The van der Waals surface area contributed by atoms with Crippen molar-refractivity contribution in [3.05, 3.63) is 53.2 Å². The summed E-state index contributed by atoms with van der Waals surface area (Å²) < 4.78 is 22.9. The summed E-state index contributed by atoms with van der Waals surface area (Å²) in [6.07, 6.45) is 4.29. The molecule has 6 nitrogen and oxygen atoms in total. The van der Waals surface area contributed by atoms with Gasteiger partial charge in [-0.25, -0.2) is 13.4 Å². The molecule has 0 atom stereocenters. The third-order valence-corrected chi connectivity index (χ3v) is 5.61. The van der Waals surface area contributed by atoms with Crippen LogP contribution in [0.25, 0.3) is 0 Å². The van der Waals surface area contributed by atoms with E-state index in [1.807, 2.05) is 12.1 Å². The van der Waals surface area contributed by atoms with Crippen LogP contribution >= 0.6 is 11.6 Å². The van der Waals surface area contributed by atoms with Gasteiger partial charge in [-0.2, -0.15) is 0 Å². The molecule has 0 unspecified atom stereocenters. The summed E-state index contributed by atoms with van der Waals surface area (Å²) in [6, 6.07) is 10.7. The molecule has 1 saturated heterocycles. The molecule has 1 aliphatic heterocycles. The van der Waals surface area contributed by atoms with Crippen LogP contribution in [0.2, 0.25) is 5.02 Å². The average Bonchev–Trinajstić information content (AvgIpc) is 2.61. The van der Waals surface area contributed by atoms with Crippen LogP contribution in [0.1, 0.15) is 18.4 Å². The van der Waals surface area contributed by atoms with Crippen molar-refractivity contribution in [2.24, 2.45) is 5.92 Å². The number of amides is 1. The zero-order valence-electron chi connectivity index (χ0n) is 15.1. The van der Waals surface area contributed by atoms with E-state index in [1.54, 1.807) is 30.5 Å². The monoisotopic (exact) mass is 407 g/mol. The van der Waals surface area contributed by atoms with Gasteiger partial charge in [-0.1, -0.05) is 23.7 Å². The van der Waals surface area contributed by atoms with Crippen molar-refractivity contribution in [2.75, 3.05) is 29.6 Å². The smallest absolute Gasteiger partial charge is 0.227 e. The Morgan fingerprint density at radius 2 is 2.00 bits per heavy atom. The molecule has 1 fully saturated rings. The van der Waals surface area contributed by atoms with E-state index in [4.69, 9.17) is 11.6 Å². The lowest BCUT2D eigenvalue weighted by molar-refractivity contribution is -0.120. The number of benzene rings is 1. The van der Waals surface area contributed by atoms with Crippen molar-refractivity contribution in [3.63, 3.8) is 0 Å². The number of sulfone groups is 1. The van der Waals surface area contributed by atoms with Gasteiger partial charge >= 0.3 is 0 Å². The minimum Gasteiger partial charge on any atom is -0.357 e. The fraction of sp³-hybridized carbons (Fsp3) is 0.368. The van der Waals surface area contributed by atoms with Crippen LogP contribution in [0.3, 0.4) is 0 Å². The largest absolute Gasteiger partial charge is 0.357 e. The Morgan fingerprint density at radius 1 is 1.26 bits per heavy atom. The number of nitrogens with zero attached hydrogens (tertiary/aromatic N) is 2. The lowest BCUT2D eigenvalue weighted by Gasteiger charge is -2.32. The highest BCUT2D eigenvalue weighted by Crippen LogP contribution is 2.24. The number of pyridine rings is 1. The number of halogens is 1. The maximum atomic E-state index is 12.6. The summed E-state index contributed by atoms with van der Waals surface area (Å²) in [5.74, 6) is 0.720. The van der Waals surface area contributed by atoms with Crippen molar-refractivity contribution in [1.29, 1.82) is 0 Å². The molecule has 0 radical (unpaired) electrons. The molecule has 1 aliphatic rings. The Bertz CT molecular complexity index is 908. The molecule has 1 amide bonds. The van der Waals surface area contributed by atoms with Crippen molar-refractivity contribution in [1.82, 2.24) is 4.98 Å². The fourth-order valence-corrected chi connectivity index (χ4v) is 4.11. The molecule has 27 heavy (non-hydrogen) atoms. The summed E-state index contributed by atoms with van der Waals surface area (Å²) in [7, 11) is -3.11. The van der Waals surface area contributed by atoms with Crippen LogP contribution in [-0.4, -0.2) is 38.7 Å². The lowest BCUT2D eigenvalue weighted by Crippen LogP contribution is -2.38. The van der Waals surface area contributed by atoms with Crippen LogP contribution in [0, 0.1) is 5.92 Å². The number of carbonyl (C=O) groups excluding carboxylic acids is 1. The van der Waals surface area contributed by atoms with E-state index in [2.05, 4.69) is 15.2 Å². The molecule has 1 aromatic heterocycles. The first kappa shape index (κ1) is 19.6. The predicted octanol–water partition coefficient (Wildman–Crippen LogP) is 3.13. The van der Waals surface area contributed by atoms with Crippen molar-refractivity contribution < 1.29 is 13.2 Å². The van der Waals surface area contributed by atoms with Crippen LogP contribution in [0.5, 0.6) is 0 Å². The molecule has 2 heterocycles. The number of anilines is 2. The number of carbonyl (C=O) groups is 1. The third kappa shape index (κ3) is 5.68. The minimum absolute atomic E-state index is 0.0322. The number of piperidine rings is 1. The van der Waals surface area contributed by atoms with Gasteiger partial charge in [-0.15, -0.1) is 0 Å². The van der Waals surface area contributed by atoms with Crippen LogP contribution in [0.4, 0.5) is 11.5 Å². The molecular weight excluding hydrogens is 386 g/mol. The Balaban J connectivity index is 1.57. The molecule has 0 spiro atoms. The first-order valence-electron chi connectivity index (χ1n) is 8.74. The Kier molecular flexibility index (Phi) is 6.01. The summed E-state index contributed by atoms with van der Waals surface area (Å²) in [5, 5.41) is 3.52. The highest BCUT2D eigenvalue weighted by Gasteiger charge is 2.25. The van der Waals surface area contributed by atoms with Gasteiger partial charge in [-0.05, 0) is 42.7 Å². The second-order valence-corrected chi connectivity index (χ2v) is 9.43. The Hall–Kier alpha value is -2.12. The van der Waals surface area contributed by atoms with E-state index < -0.39 is 9.84 Å². The SMILES string of the molecule is CS(=O)(=O)Cc1cccc(NC(=O)C2CCN(c3ccc(Cl)cn3)CC2)c1. The number of aromatic nitrogens is 1. The molecule has 0 aliphatic carbocycles. The molecule has 1 aromatic carbocycles. The lowest BCUT2D eigenvalue weighted by atomic mass is 9.95. The van der Waals surface area contributed by atoms with Gasteiger partial charge in [0.2, 0.25) is 5.91 Å². The second-order valence-electron chi connectivity index (χ2n) is 6.86. The zero-order valence-corrected chi connectivity index (χ0v) is 16.6. The highest BCUT2D eigenvalue weighted by atomic mass is 35.5. The Morgan fingerprint density at radius 3 is 2.63 bits per heavy atom. The number of rotatable bonds is 5. The van der Waals surface area contributed by atoms with Gasteiger partial charge in [0.25, 0.3) is 0 Å². The third-order valence-electron chi connectivity index (χ3n) is 4.52. The molecule has 1 N–H and O–H groups in total. The molecule has 0 saturated carbocycles. The molecule has 2 aromatic rings. The summed E-state index contributed by atoms with van der Waals surface area (Å²) in [4.78, 5) is 19.0. The first-order valence-corrected chi connectivity index (χ1v) is 11.2. The fourth-order valence-electron chi connectivity index (χ4n) is 3.21. The summed E-state index contributed by atoms with van der Waals surface area (Å²) >= 11 is 5.87. The van der Waals surface area contributed by atoms with E-state index in [-0.39, 0.29) is 17.6 Å². The first-order chi connectivity index (χ1) is 12.8. The van der Waals surface area contributed by atoms with Crippen molar-refractivity contribution in [2.45, 2.75) is 18.6 Å². The number of hydrogen-bond acceptors (Lipinski definition) is 5. The molecule has 144 valence electrons. The van der Waals surface area contributed by atoms with E-state index in [0.717, 1.165) is 31.7 Å². The maximum absolute atomic E-state index is 12.6. The van der Waals surface area contributed by atoms with Gasteiger partial charge < -0.3 is 10.2 Å². The summed E-state index contributed by atoms with van der Waals surface area (Å²) in [5.41, 5.74) is 1.29. The number of hydrogen-bond donors (Lipinski definition) is 1. The van der Waals surface area contributed by atoms with Gasteiger partial charge in [0.1, 0.15) is 5.82 Å². The maximum Gasteiger partial charge on any atom is 0.227 e. The van der Waals surface area contributed by atoms with Crippen LogP contribution in [-0.2, 0) is 20.4 Å². The highest BCUT2D eigenvalue weighted by molar-refractivity contribution is 7.89. The predicted molar refractivity (Wildman–Crippen MR) is 108 cm³/mol.